The number of carbonyl (C=O) groups is 1. The standard InChI is InChI=1S/C16H24N2O2/c1-12-9-13(2)11-18(10-12)16(19)7-8-20-15-6-4-3-5-14(15)17/h3-6,12-13H,7-11,17H2,1-2H3. The summed E-state index contributed by atoms with van der Waals surface area (Å²) < 4.78 is 5.58. The molecule has 1 aliphatic heterocycles. The van der Waals surface area contributed by atoms with Crippen LogP contribution in [-0.2, 0) is 4.79 Å². The first kappa shape index (κ1) is 14.7. The van der Waals surface area contributed by atoms with Crippen molar-refractivity contribution in [2.75, 3.05) is 25.4 Å². The van der Waals surface area contributed by atoms with Crippen LogP contribution in [0.5, 0.6) is 5.75 Å². The summed E-state index contributed by atoms with van der Waals surface area (Å²) >= 11 is 0. The van der Waals surface area contributed by atoms with Gasteiger partial charge in [0.2, 0.25) is 5.91 Å². The number of benzene rings is 1. The Morgan fingerprint density at radius 1 is 1.30 bits per heavy atom. The highest BCUT2D eigenvalue weighted by Gasteiger charge is 2.24. The summed E-state index contributed by atoms with van der Waals surface area (Å²) in [5.41, 5.74) is 6.41. The number of hydrogen-bond acceptors (Lipinski definition) is 3. The zero-order valence-electron chi connectivity index (χ0n) is 12.3. The molecule has 2 N–H and O–H groups in total. The normalized spacial score (nSPS) is 22.6. The first-order chi connectivity index (χ1) is 9.56. The maximum atomic E-state index is 12.2. The number of nitrogens with two attached hydrogens (primary N) is 1. The third-order valence-electron chi connectivity index (χ3n) is 3.71. The Kier molecular flexibility index (Phi) is 4.88. The number of hydrogen-bond donors (Lipinski definition) is 1. The Labute approximate surface area is 120 Å². The molecule has 2 atom stereocenters. The van der Waals surface area contributed by atoms with E-state index in [0.29, 0.717) is 36.3 Å². The van der Waals surface area contributed by atoms with Crippen LogP contribution in [0, 0.1) is 11.8 Å². The lowest BCUT2D eigenvalue weighted by molar-refractivity contribution is -0.134. The molecule has 2 rings (SSSR count). The number of ether oxygens (including phenoxy) is 1. The third kappa shape index (κ3) is 3.89. The number of nitrogen functional groups attached to an aromatic ring is 1. The molecule has 0 bridgehead atoms. The Hall–Kier alpha value is -1.71. The van der Waals surface area contributed by atoms with Gasteiger partial charge in [0, 0.05) is 13.1 Å². The molecule has 1 aliphatic rings. The number of carbonyl (C=O) groups excluding carboxylic acids is 1. The van der Waals surface area contributed by atoms with Crippen molar-refractivity contribution in [3.8, 4) is 5.75 Å². The largest absolute Gasteiger partial charge is 0.491 e. The molecule has 4 heteroatoms. The lowest BCUT2D eigenvalue weighted by atomic mass is 9.92. The summed E-state index contributed by atoms with van der Waals surface area (Å²) in [5.74, 6) is 2.01. The fourth-order valence-electron chi connectivity index (χ4n) is 2.88. The highest BCUT2D eigenvalue weighted by atomic mass is 16.5. The van der Waals surface area contributed by atoms with Crippen LogP contribution < -0.4 is 10.5 Å². The smallest absolute Gasteiger partial charge is 0.226 e. The Morgan fingerprint density at radius 2 is 1.95 bits per heavy atom. The fourth-order valence-corrected chi connectivity index (χ4v) is 2.88. The summed E-state index contributed by atoms with van der Waals surface area (Å²) in [5, 5.41) is 0. The van der Waals surface area contributed by atoms with Gasteiger partial charge in [0.1, 0.15) is 5.75 Å². The van der Waals surface area contributed by atoms with E-state index in [1.54, 1.807) is 6.07 Å². The van der Waals surface area contributed by atoms with Crippen molar-refractivity contribution in [1.29, 1.82) is 0 Å². The quantitative estimate of drug-likeness (QED) is 0.860. The molecule has 1 aromatic carbocycles. The van der Waals surface area contributed by atoms with Crippen LogP contribution in [0.3, 0.4) is 0 Å². The number of nitrogens with zero attached hydrogens (tertiary/aromatic N) is 1. The second-order valence-electron chi connectivity index (χ2n) is 5.88. The van der Waals surface area contributed by atoms with E-state index in [1.807, 2.05) is 23.1 Å². The first-order valence-electron chi connectivity index (χ1n) is 7.31. The predicted octanol–water partition coefficient (Wildman–Crippen LogP) is 2.54. The minimum atomic E-state index is 0.179. The first-order valence-corrected chi connectivity index (χ1v) is 7.31. The van der Waals surface area contributed by atoms with Gasteiger partial charge in [-0.25, -0.2) is 0 Å². The SMILES string of the molecule is CC1CC(C)CN(C(=O)CCOc2ccccc2N)C1. The van der Waals surface area contributed by atoms with Crippen LogP contribution >= 0.6 is 0 Å². The predicted molar refractivity (Wildman–Crippen MR) is 80.5 cm³/mol. The second kappa shape index (κ2) is 6.64. The van der Waals surface area contributed by atoms with Crippen molar-refractivity contribution < 1.29 is 9.53 Å². The molecular weight excluding hydrogens is 252 g/mol. The summed E-state index contributed by atoms with van der Waals surface area (Å²) in [6.45, 7) is 6.54. The number of anilines is 1. The number of likely N-dealkylation sites (tertiary alicyclic amines) is 1. The summed E-state index contributed by atoms with van der Waals surface area (Å²) in [6, 6.07) is 7.36. The molecule has 1 saturated heterocycles. The molecule has 1 fully saturated rings. The Bertz CT molecular complexity index is 452. The van der Waals surface area contributed by atoms with E-state index in [4.69, 9.17) is 10.5 Å². The molecule has 0 aromatic heterocycles. The number of amides is 1. The third-order valence-corrected chi connectivity index (χ3v) is 3.71. The summed E-state index contributed by atoms with van der Waals surface area (Å²) in [6.07, 6.45) is 1.62. The minimum Gasteiger partial charge on any atom is -0.491 e. The molecule has 1 amide bonds. The zero-order chi connectivity index (χ0) is 14.5. The topological polar surface area (TPSA) is 55.6 Å². The van der Waals surface area contributed by atoms with Crippen LogP contribution in [0.1, 0.15) is 26.7 Å². The fraction of sp³-hybridized carbons (Fsp3) is 0.562. The van der Waals surface area contributed by atoms with Gasteiger partial charge in [-0.15, -0.1) is 0 Å². The highest BCUT2D eigenvalue weighted by Crippen LogP contribution is 2.22. The molecule has 20 heavy (non-hydrogen) atoms. The van der Waals surface area contributed by atoms with Gasteiger partial charge in [-0.1, -0.05) is 26.0 Å². The van der Waals surface area contributed by atoms with E-state index in [2.05, 4.69) is 13.8 Å². The number of rotatable bonds is 4. The monoisotopic (exact) mass is 276 g/mol. The molecule has 0 aliphatic carbocycles. The van der Waals surface area contributed by atoms with Crippen molar-refractivity contribution in [1.82, 2.24) is 4.90 Å². The highest BCUT2D eigenvalue weighted by molar-refractivity contribution is 5.76. The molecule has 1 heterocycles. The molecule has 0 saturated carbocycles. The van der Waals surface area contributed by atoms with Gasteiger partial charge in [-0.3, -0.25) is 4.79 Å². The van der Waals surface area contributed by atoms with Gasteiger partial charge in [0.15, 0.2) is 0 Å². The maximum Gasteiger partial charge on any atom is 0.226 e. The Morgan fingerprint density at radius 3 is 2.60 bits per heavy atom. The van der Waals surface area contributed by atoms with E-state index < -0.39 is 0 Å². The maximum absolute atomic E-state index is 12.2. The van der Waals surface area contributed by atoms with Gasteiger partial charge >= 0.3 is 0 Å². The molecule has 4 nitrogen and oxygen atoms in total. The van der Waals surface area contributed by atoms with Crippen LogP contribution in [0.2, 0.25) is 0 Å². The molecule has 110 valence electrons. The van der Waals surface area contributed by atoms with E-state index in [9.17, 15) is 4.79 Å². The summed E-state index contributed by atoms with van der Waals surface area (Å²) in [7, 11) is 0. The van der Waals surface area contributed by atoms with Crippen LogP contribution in [-0.4, -0.2) is 30.5 Å². The summed E-state index contributed by atoms with van der Waals surface area (Å²) in [4.78, 5) is 14.1. The minimum absolute atomic E-state index is 0.179. The van der Waals surface area contributed by atoms with Crippen LogP contribution in [0.25, 0.3) is 0 Å². The Balaban J connectivity index is 1.79. The van der Waals surface area contributed by atoms with Gasteiger partial charge < -0.3 is 15.4 Å². The average Bonchev–Trinajstić information content (AvgIpc) is 2.39. The van der Waals surface area contributed by atoms with E-state index >= 15 is 0 Å². The van der Waals surface area contributed by atoms with Crippen molar-refractivity contribution in [3.63, 3.8) is 0 Å². The zero-order valence-corrected chi connectivity index (χ0v) is 12.3. The van der Waals surface area contributed by atoms with E-state index in [0.717, 1.165) is 13.1 Å². The molecule has 1 aromatic rings. The molecule has 2 unspecified atom stereocenters. The van der Waals surface area contributed by atoms with Gasteiger partial charge in [0.25, 0.3) is 0 Å². The van der Waals surface area contributed by atoms with Crippen molar-refractivity contribution in [3.05, 3.63) is 24.3 Å². The molecular formula is C16H24N2O2. The number of piperidine rings is 1. The van der Waals surface area contributed by atoms with Crippen molar-refractivity contribution in [2.45, 2.75) is 26.7 Å². The van der Waals surface area contributed by atoms with Gasteiger partial charge in [-0.05, 0) is 30.4 Å². The van der Waals surface area contributed by atoms with E-state index in [-0.39, 0.29) is 5.91 Å². The van der Waals surface area contributed by atoms with Crippen molar-refractivity contribution >= 4 is 11.6 Å². The lowest BCUT2D eigenvalue weighted by Crippen LogP contribution is -2.43. The van der Waals surface area contributed by atoms with Crippen LogP contribution in [0.15, 0.2) is 24.3 Å². The number of para-hydroxylation sites is 2. The second-order valence-corrected chi connectivity index (χ2v) is 5.88. The average molecular weight is 276 g/mol. The molecule has 0 spiro atoms. The van der Waals surface area contributed by atoms with Crippen molar-refractivity contribution in [2.24, 2.45) is 11.8 Å². The molecule has 0 radical (unpaired) electrons. The lowest BCUT2D eigenvalue weighted by Gasteiger charge is -2.35. The van der Waals surface area contributed by atoms with E-state index in [1.165, 1.54) is 6.42 Å². The van der Waals surface area contributed by atoms with Gasteiger partial charge in [-0.2, -0.15) is 0 Å². The van der Waals surface area contributed by atoms with Gasteiger partial charge in [0.05, 0.1) is 18.7 Å². The van der Waals surface area contributed by atoms with Crippen LogP contribution in [0.4, 0.5) is 5.69 Å².